The lowest BCUT2D eigenvalue weighted by Gasteiger charge is -2.41. The summed E-state index contributed by atoms with van der Waals surface area (Å²) >= 11 is 0. The molecule has 0 radical (unpaired) electrons. The van der Waals surface area contributed by atoms with E-state index in [4.69, 9.17) is 0 Å². The van der Waals surface area contributed by atoms with Gasteiger partial charge in [-0.15, -0.1) is 0 Å². The number of benzene rings is 1. The van der Waals surface area contributed by atoms with Crippen molar-refractivity contribution in [2.45, 2.75) is 44.6 Å². The van der Waals surface area contributed by atoms with Gasteiger partial charge < -0.3 is 0 Å². The molecule has 0 bridgehead atoms. The van der Waals surface area contributed by atoms with E-state index in [1.807, 2.05) is 25.9 Å². The van der Waals surface area contributed by atoms with Gasteiger partial charge in [-0.2, -0.15) is 0 Å². The zero-order valence-electron chi connectivity index (χ0n) is 12.0. The van der Waals surface area contributed by atoms with Gasteiger partial charge in [0.1, 0.15) is 5.82 Å². The van der Waals surface area contributed by atoms with Crippen molar-refractivity contribution in [3.8, 4) is 0 Å². The molecule has 0 amide bonds. The molecule has 1 aromatic carbocycles. The highest BCUT2D eigenvalue weighted by atomic mass is 19.1. The number of carbonyl (C=O) groups is 1. The van der Waals surface area contributed by atoms with E-state index < -0.39 is 5.54 Å². The van der Waals surface area contributed by atoms with Gasteiger partial charge in [0, 0.05) is 5.56 Å². The van der Waals surface area contributed by atoms with Crippen LogP contribution in [0.1, 0.15) is 48.0 Å². The third-order valence-corrected chi connectivity index (χ3v) is 4.40. The first-order chi connectivity index (χ1) is 8.97. The van der Waals surface area contributed by atoms with Crippen LogP contribution < -0.4 is 0 Å². The van der Waals surface area contributed by atoms with Crippen LogP contribution in [0.15, 0.2) is 18.2 Å². The van der Waals surface area contributed by atoms with Crippen molar-refractivity contribution in [1.82, 2.24) is 4.90 Å². The van der Waals surface area contributed by atoms with E-state index in [1.165, 1.54) is 18.6 Å². The average Bonchev–Trinajstić information content (AvgIpc) is 2.41. The fourth-order valence-corrected chi connectivity index (χ4v) is 3.10. The largest absolute Gasteiger partial charge is 0.297 e. The summed E-state index contributed by atoms with van der Waals surface area (Å²) in [5.41, 5.74) is 0.949. The van der Waals surface area contributed by atoms with Crippen LogP contribution in [0.4, 0.5) is 4.39 Å². The second kappa shape index (κ2) is 5.41. The molecule has 0 saturated heterocycles. The summed E-state index contributed by atoms with van der Waals surface area (Å²) in [4.78, 5) is 15.0. The highest BCUT2D eigenvalue weighted by Gasteiger charge is 2.42. The van der Waals surface area contributed by atoms with Crippen molar-refractivity contribution in [3.63, 3.8) is 0 Å². The van der Waals surface area contributed by atoms with Gasteiger partial charge in [0.2, 0.25) is 0 Å². The number of carbonyl (C=O) groups excluding carboxylic acids is 1. The fraction of sp³-hybridized carbons (Fsp3) is 0.562. The van der Waals surface area contributed by atoms with E-state index >= 15 is 0 Å². The number of ketones is 1. The minimum Gasteiger partial charge on any atom is -0.297 e. The summed E-state index contributed by atoms with van der Waals surface area (Å²) in [6.45, 7) is 1.87. The molecule has 1 fully saturated rings. The van der Waals surface area contributed by atoms with E-state index in [9.17, 15) is 9.18 Å². The third kappa shape index (κ3) is 2.57. The molecule has 2 nitrogen and oxygen atoms in total. The Labute approximate surface area is 114 Å². The van der Waals surface area contributed by atoms with Gasteiger partial charge >= 0.3 is 0 Å². The normalized spacial score (nSPS) is 18.6. The fourth-order valence-electron chi connectivity index (χ4n) is 3.10. The molecule has 2 rings (SSSR count). The van der Waals surface area contributed by atoms with Crippen LogP contribution in [-0.2, 0) is 0 Å². The van der Waals surface area contributed by atoms with Crippen molar-refractivity contribution >= 4 is 5.78 Å². The Hall–Kier alpha value is -1.22. The van der Waals surface area contributed by atoms with E-state index in [0.717, 1.165) is 31.2 Å². The van der Waals surface area contributed by atoms with Gasteiger partial charge in [0.05, 0.1) is 5.54 Å². The minimum atomic E-state index is -0.448. The first-order valence-corrected chi connectivity index (χ1v) is 6.96. The quantitative estimate of drug-likeness (QED) is 0.777. The lowest BCUT2D eigenvalue weighted by molar-refractivity contribution is 0.0563. The first-order valence-electron chi connectivity index (χ1n) is 6.96. The van der Waals surface area contributed by atoms with Crippen molar-refractivity contribution in [2.75, 3.05) is 14.1 Å². The topological polar surface area (TPSA) is 20.3 Å². The molecule has 0 atom stereocenters. The predicted molar refractivity (Wildman–Crippen MR) is 75.0 cm³/mol. The molecular weight excluding hydrogens is 241 g/mol. The van der Waals surface area contributed by atoms with Crippen molar-refractivity contribution in [2.24, 2.45) is 0 Å². The summed E-state index contributed by atoms with van der Waals surface area (Å²) in [5.74, 6) is -0.257. The Morgan fingerprint density at radius 1 is 1.21 bits per heavy atom. The number of nitrogens with zero attached hydrogens (tertiary/aromatic N) is 1. The van der Waals surface area contributed by atoms with Crippen LogP contribution in [0.5, 0.6) is 0 Å². The minimum absolute atomic E-state index is 0.0780. The molecule has 104 valence electrons. The average molecular weight is 263 g/mol. The number of Topliss-reactive ketones (excluding diaryl/α,β-unsaturated/α-hetero) is 1. The molecule has 0 spiro atoms. The molecule has 0 unspecified atom stereocenters. The molecule has 0 aliphatic heterocycles. The summed E-state index contributed by atoms with van der Waals surface area (Å²) < 4.78 is 13.4. The van der Waals surface area contributed by atoms with Crippen molar-refractivity contribution in [3.05, 3.63) is 35.1 Å². The van der Waals surface area contributed by atoms with Crippen molar-refractivity contribution in [1.29, 1.82) is 0 Å². The van der Waals surface area contributed by atoms with Gasteiger partial charge in [-0.3, -0.25) is 9.69 Å². The summed E-state index contributed by atoms with van der Waals surface area (Å²) in [6.07, 6.45) is 5.06. The van der Waals surface area contributed by atoms with E-state index in [-0.39, 0.29) is 11.6 Å². The zero-order valence-corrected chi connectivity index (χ0v) is 12.0. The molecule has 19 heavy (non-hydrogen) atoms. The Bertz CT molecular complexity index is 476. The number of halogens is 1. The summed E-state index contributed by atoms with van der Waals surface area (Å²) in [6, 6.07) is 4.49. The van der Waals surface area contributed by atoms with E-state index in [0.29, 0.717) is 5.56 Å². The van der Waals surface area contributed by atoms with Crippen LogP contribution in [0.25, 0.3) is 0 Å². The molecular formula is C16H22FNO. The third-order valence-electron chi connectivity index (χ3n) is 4.40. The van der Waals surface area contributed by atoms with Crippen LogP contribution in [0.3, 0.4) is 0 Å². The van der Waals surface area contributed by atoms with Gasteiger partial charge in [0.25, 0.3) is 0 Å². The first kappa shape index (κ1) is 14.2. The molecule has 1 saturated carbocycles. The highest BCUT2D eigenvalue weighted by Crippen LogP contribution is 2.35. The molecule has 3 heteroatoms. The van der Waals surface area contributed by atoms with Gasteiger partial charge in [-0.25, -0.2) is 4.39 Å². The number of hydrogen-bond acceptors (Lipinski definition) is 2. The number of likely N-dealkylation sites (N-methyl/N-ethyl adjacent to an activating group) is 1. The molecule has 0 heterocycles. The number of rotatable bonds is 3. The lowest BCUT2D eigenvalue weighted by atomic mass is 9.75. The monoisotopic (exact) mass is 263 g/mol. The maximum atomic E-state index is 13.4. The Kier molecular flexibility index (Phi) is 4.04. The summed E-state index contributed by atoms with van der Waals surface area (Å²) in [5, 5.41) is 0. The standard InChI is InChI=1S/C16H22FNO/c1-12-7-8-13(17)11-14(12)15(19)16(18(2)3)9-5-4-6-10-16/h7-8,11H,4-6,9-10H2,1-3H3. The second-order valence-corrected chi connectivity index (χ2v) is 5.78. The Morgan fingerprint density at radius 3 is 2.42 bits per heavy atom. The maximum absolute atomic E-state index is 13.4. The smallest absolute Gasteiger partial charge is 0.183 e. The van der Waals surface area contributed by atoms with Gasteiger partial charge in [-0.05, 0) is 51.6 Å². The molecule has 1 aliphatic carbocycles. The van der Waals surface area contributed by atoms with Crippen LogP contribution in [0, 0.1) is 12.7 Å². The summed E-state index contributed by atoms with van der Waals surface area (Å²) in [7, 11) is 3.91. The highest BCUT2D eigenvalue weighted by molar-refractivity contribution is 6.04. The van der Waals surface area contributed by atoms with E-state index in [2.05, 4.69) is 0 Å². The molecule has 0 N–H and O–H groups in total. The number of hydrogen-bond donors (Lipinski definition) is 0. The lowest BCUT2D eigenvalue weighted by Crippen LogP contribution is -2.52. The van der Waals surface area contributed by atoms with Crippen LogP contribution in [-0.4, -0.2) is 30.3 Å². The van der Waals surface area contributed by atoms with Gasteiger partial charge in [0.15, 0.2) is 5.78 Å². The Balaban J connectivity index is 2.42. The Morgan fingerprint density at radius 2 is 1.84 bits per heavy atom. The van der Waals surface area contributed by atoms with Crippen LogP contribution >= 0.6 is 0 Å². The van der Waals surface area contributed by atoms with E-state index in [1.54, 1.807) is 6.07 Å². The SMILES string of the molecule is Cc1ccc(F)cc1C(=O)C1(N(C)C)CCCCC1. The molecule has 0 aromatic heterocycles. The number of aryl methyl sites for hydroxylation is 1. The second-order valence-electron chi connectivity index (χ2n) is 5.78. The van der Waals surface area contributed by atoms with Crippen LogP contribution in [0.2, 0.25) is 0 Å². The maximum Gasteiger partial charge on any atom is 0.183 e. The molecule has 1 aliphatic rings. The zero-order chi connectivity index (χ0) is 14.0. The predicted octanol–water partition coefficient (Wildman–Crippen LogP) is 3.58. The molecule has 1 aromatic rings. The van der Waals surface area contributed by atoms with Crippen molar-refractivity contribution < 1.29 is 9.18 Å². The van der Waals surface area contributed by atoms with Gasteiger partial charge in [-0.1, -0.05) is 25.3 Å².